The molecule has 0 unspecified atom stereocenters. The zero-order valence-electron chi connectivity index (χ0n) is 12.1. The van der Waals surface area contributed by atoms with Crippen LogP contribution in [0.15, 0.2) is 29.3 Å². The first-order valence-corrected chi connectivity index (χ1v) is 7.64. The van der Waals surface area contributed by atoms with Gasteiger partial charge in [-0.2, -0.15) is 0 Å². The molecule has 106 valence electrons. The maximum absolute atomic E-state index is 12.3. The third kappa shape index (κ3) is 2.58. The van der Waals surface area contributed by atoms with Crippen LogP contribution in [0.4, 0.5) is 0 Å². The van der Waals surface area contributed by atoms with Gasteiger partial charge in [0.1, 0.15) is 0 Å². The highest BCUT2D eigenvalue weighted by Gasteiger charge is 2.24. The standard InChI is InChI=1S/C15H18N2O2S/c1-9(2)17(3)15(19)14(18)12-8-16-13-6-5-10(20-4)7-11(12)13/h5-9,16H,1-4H3. The van der Waals surface area contributed by atoms with Gasteiger partial charge in [-0.25, -0.2) is 0 Å². The maximum Gasteiger partial charge on any atom is 0.295 e. The van der Waals surface area contributed by atoms with Crippen molar-refractivity contribution in [1.82, 2.24) is 9.88 Å². The first-order chi connectivity index (χ1) is 9.45. The van der Waals surface area contributed by atoms with Crippen LogP contribution in [0.1, 0.15) is 24.2 Å². The van der Waals surface area contributed by atoms with Crippen molar-refractivity contribution in [2.45, 2.75) is 24.8 Å². The van der Waals surface area contributed by atoms with Gasteiger partial charge in [-0.15, -0.1) is 11.8 Å². The number of rotatable bonds is 4. The lowest BCUT2D eigenvalue weighted by Gasteiger charge is -2.20. The molecule has 0 fully saturated rings. The van der Waals surface area contributed by atoms with Crippen molar-refractivity contribution in [2.75, 3.05) is 13.3 Å². The molecule has 0 bridgehead atoms. The zero-order valence-corrected chi connectivity index (χ0v) is 12.9. The fourth-order valence-electron chi connectivity index (χ4n) is 1.92. The highest BCUT2D eigenvalue weighted by atomic mass is 32.2. The number of amides is 1. The molecule has 0 aliphatic carbocycles. The summed E-state index contributed by atoms with van der Waals surface area (Å²) >= 11 is 1.61. The van der Waals surface area contributed by atoms with Crippen molar-refractivity contribution in [3.63, 3.8) is 0 Å². The lowest BCUT2D eigenvalue weighted by molar-refractivity contribution is -0.126. The molecule has 0 aliphatic heterocycles. The number of hydrogen-bond donors (Lipinski definition) is 1. The molecule has 0 saturated carbocycles. The number of ketones is 1. The van der Waals surface area contributed by atoms with Crippen molar-refractivity contribution in [2.24, 2.45) is 0 Å². The van der Waals surface area contributed by atoms with E-state index < -0.39 is 11.7 Å². The van der Waals surface area contributed by atoms with E-state index in [2.05, 4.69) is 4.98 Å². The van der Waals surface area contributed by atoms with Gasteiger partial charge in [-0.05, 0) is 38.3 Å². The number of aromatic amines is 1. The minimum atomic E-state index is -0.476. The molecule has 2 aromatic rings. The number of fused-ring (bicyclic) bond motifs is 1. The number of nitrogens with zero attached hydrogens (tertiary/aromatic N) is 1. The van der Waals surface area contributed by atoms with Crippen LogP contribution in [0.2, 0.25) is 0 Å². The number of benzene rings is 1. The van der Waals surface area contributed by atoms with E-state index in [1.54, 1.807) is 25.0 Å². The quantitative estimate of drug-likeness (QED) is 0.535. The Morgan fingerprint density at radius 3 is 2.60 bits per heavy atom. The van der Waals surface area contributed by atoms with E-state index >= 15 is 0 Å². The normalized spacial score (nSPS) is 11.1. The predicted octanol–water partition coefficient (Wildman–Crippen LogP) is 2.94. The predicted molar refractivity (Wildman–Crippen MR) is 82.3 cm³/mol. The molecular formula is C15H18N2O2S. The van der Waals surface area contributed by atoms with Gasteiger partial charge >= 0.3 is 0 Å². The first kappa shape index (κ1) is 14.7. The van der Waals surface area contributed by atoms with Crippen LogP contribution in [0.5, 0.6) is 0 Å². The number of nitrogens with one attached hydrogen (secondary N) is 1. The molecule has 1 heterocycles. The van der Waals surface area contributed by atoms with Crippen LogP contribution in [-0.4, -0.2) is 40.9 Å². The molecule has 1 aromatic carbocycles. The average molecular weight is 290 g/mol. The third-order valence-electron chi connectivity index (χ3n) is 3.42. The Bertz CT molecular complexity index is 661. The topological polar surface area (TPSA) is 53.2 Å². The largest absolute Gasteiger partial charge is 0.360 e. The first-order valence-electron chi connectivity index (χ1n) is 6.42. The summed E-state index contributed by atoms with van der Waals surface area (Å²) in [5, 5.41) is 0.798. The van der Waals surface area contributed by atoms with Crippen molar-refractivity contribution in [3.05, 3.63) is 30.0 Å². The second kappa shape index (κ2) is 5.71. The molecular weight excluding hydrogens is 272 g/mol. The molecule has 5 heteroatoms. The van der Waals surface area contributed by atoms with Crippen LogP contribution < -0.4 is 0 Å². The van der Waals surface area contributed by atoms with Crippen molar-refractivity contribution >= 4 is 34.4 Å². The molecule has 1 amide bonds. The van der Waals surface area contributed by atoms with E-state index in [0.29, 0.717) is 5.56 Å². The number of Topliss-reactive ketones (excluding diaryl/α,β-unsaturated/α-hetero) is 1. The van der Waals surface area contributed by atoms with Crippen LogP contribution in [0, 0.1) is 0 Å². The summed E-state index contributed by atoms with van der Waals surface area (Å²) in [7, 11) is 1.65. The van der Waals surface area contributed by atoms with E-state index in [1.807, 2.05) is 38.3 Å². The van der Waals surface area contributed by atoms with Gasteiger partial charge in [0.25, 0.3) is 11.7 Å². The van der Waals surface area contributed by atoms with Gasteiger partial charge in [0.05, 0.1) is 5.56 Å². The summed E-state index contributed by atoms with van der Waals surface area (Å²) in [4.78, 5) is 30.1. The average Bonchev–Trinajstić information content (AvgIpc) is 2.87. The third-order valence-corrected chi connectivity index (χ3v) is 4.15. The second-order valence-corrected chi connectivity index (χ2v) is 5.83. The second-order valence-electron chi connectivity index (χ2n) is 4.95. The van der Waals surface area contributed by atoms with Gasteiger partial charge in [0.2, 0.25) is 0 Å². The Hall–Kier alpha value is -1.75. The van der Waals surface area contributed by atoms with E-state index in [0.717, 1.165) is 15.8 Å². The Labute approximate surface area is 122 Å². The molecule has 0 radical (unpaired) electrons. The van der Waals surface area contributed by atoms with E-state index in [4.69, 9.17) is 0 Å². The van der Waals surface area contributed by atoms with Gasteiger partial charge in [-0.1, -0.05) is 0 Å². The minimum Gasteiger partial charge on any atom is -0.360 e. The van der Waals surface area contributed by atoms with E-state index in [1.165, 1.54) is 4.90 Å². The fraction of sp³-hybridized carbons (Fsp3) is 0.333. The van der Waals surface area contributed by atoms with Crippen LogP contribution in [0.3, 0.4) is 0 Å². The summed E-state index contributed by atoms with van der Waals surface area (Å²) in [6.07, 6.45) is 3.59. The summed E-state index contributed by atoms with van der Waals surface area (Å²) in [5.41, 5.74) is 1.31. The summed E-state index contributed by atoms with van der Waals surface area (Å²) in [6.45, 7) is 3.76. The van der Waals surface area contributed by atoms with Gasteiger partial charge in [-0.3, -0.25) is 9.59 Å². The number of hydrogen-bond acceptors (Lipinski definition) is 3. The zero-order chi connectivity index (χ0) is 14.9. The number of likely N-dealkylation sites (N-methyl/N-ethyl adjacent to an activating group) is 1. The summed E-state index contributed by atoms with van der Waals surface area (Å²) < 4.78 is 0. The van der Waals surface area contributed by atoms with Gasteiger partial charge in [0, 0.05) is 35.1 Å². The van der Waals surface area contributed by atoms with Crippen molar-refractivity contribution in [1.29, 1.82) is 0 Å². The summed E-state index contributed by atoms with van der Waals surface area (Å²) in [5.74, 6) is -0.943. The smallest absolute Gasteiger partial charge is 0.295 e. The lowest BCUT2D eigenvalue weighted by Crippen LogP contribution is -2.38. The van der Waals surface area contributed by atoms with E-state index in [9.17, 15) is 9.59 Å². The van der Waals surface area contributed by atoms with E-state index in [-0.39, 0.29) is 6.04 Å². The Morgan fingerprint density at radius 1 is 1.30 bits per heavy atom. The number of carbonyl (C=O) groups is 2. The molecule has 1 N–H and O–H groups in total. The fourth-order valence-corrected chi connectivity index (χ4v) is 2.36. The lowest BCUT2D eigenvalue weighted by atomic mass is 10.1. The maximum atomic E-state index is 12.3. The Balaban J connectivity index is 2.42. The molecule has 20 heavy (non-hydrogen) atoms. The number of thioether (sulfide) groups is 1. The Kier molecular flexibility index (Phi) is 4.18. The Morgan fingerprint density at radius 2 is 2.00 bits per heavy atom. The van der Waals surface area contributed by atoms with Crippen LogP contribution in [-0.2, 0) is 4.79 Å². The van der Waals surface area contributed by atoms with Crippen molar-refractivity contribution in [3.8, 4) is 0 Å². The SMILES string of the molecule is CSc1ccc2[nH]cc(C(=O)C(=O)N(C)C(C)C)c2c1. The highest BCUT2D eigenvalue weighted by Crippen LogP contribution is 2.25. The monoisotopic (exact) mass is 290 g/mol. The van der Waals surface area contributed by atoms with Gasteiger partial charge < -0.3 is 9.88 Å². The number of aromatic nitrogens is 1. The number of carbonyl (C=O) groups excluding carboxylic acids is 2. The molecule has 2 rings (SSSR count). The highest BCUT2D eigenvalue weighted by molar-refractivity contribution is 7.98. The van der Waals surface area contributed by atoms with Gasteiger partial charge in [0.15, 0.2) is 0 Å². The molecule has 0 aliphatic rings. The molecule has 0 atom stereocenters. The molecule has 4 nitrogen and oxygen atoms in total. The molecule has 1 aromatic heterocycles. The molecule has 0 saturated heterocycles. The molecule has 0 spiro atoms. The summed E-state index contributed by atoms with van der Waals surface area (Å²) in [6, 6.07) is 5.85. The number of H-pyrrole nitrogens is 1. The van der Waals surface area contributed by atoms with Crippen molar-refractivity contribution < 1.29 is 9.59 Å². The van der Waals surface area contributed by atoms with Crippen LogP contribution >= 0.6 is 11.8 Å². The minimum absolute atomic E-state index is 0.00147. The van der Waals surface area contributed by atoms with Crippen LogP contribution in [0.25, 0.3) is 10.9 Å².